The van der Waals surface area contributed by atoms with E-state index in [1.165, 1.54) is 61.6 Å². The number of hydrogen-bond acceptors (Lipinski definition) is 2. The van der Waals surface area contributed by atoms with E-state index >= 15 is 0 Å². The molecule has 6 aromatic carbocycles. The summed E-state index contributed by atoms with van der Waals surface area (Å²) in [6.45, 7) is 37.0. The van der Waals surface area contributed by atoms with E-state index in [0.717, 1.165) is 33.3 Å². The first-order valence-corrected chi connectivity index (χ1v) is 24.8. The molecule has 1 unspecified atom stereocenters. The Morgan fingerprint density at radius 2 is 1.23 bits per heavy atom. The molecular weight excluding hydrogens is 1020 g/mol. The predicted octanol–water partition coefficient (Wildman–Crippen LogP) is 17.8. The normalized spacial score (nSPS) is 17.8. The number of ether oxygens (including phenoxy) is 1. The van der Waals surface area contributed by atoms with Crippen molar-refractivity contribution in [2.24, 2.45) is 0 Å². The van der Waals surface area contributed by atoms with Crippen molar-refractivity contribution in [1.82, 2.24) is 18.7 Å². The molecule has 0 bridgehead atoms. The average Bonchev–Trinajstić information content (AvgIpc) is 3.78. The molecule has 1 fully saturated rings. The van der Waals surface area contributed by atoms with Gasteiger partial charge in [0.15, 0.2) is 12.4 Å². The van der Waals surface area contributed by atoms with Gasteiger partial charge in [0, 0.05) is 68.5 Å². The zero-order valence-electron chi connectivity index (χ0n) is 43.4. The Morgan fingerprint density at radius 1 is 0.565 bits per heavy atom. The Hall–Kier alpha value is -5.32. The summed E-state index contributed by atoms with van der Waals surface area (Å²) in [5.74, 6) is 3.37. The molecular formula is C63H69N4OPt-. The minimum atomic E-state index is -0.173. The molecule has 0 amide bonds. The van der Waals surface area contributed by atoms with Crippen LogP contribution in [0.5, 0.6) is 11.5 Å². The van der Waals surface area contributed by atoms with Gasteiger partial charge in [0.2, 0.25) is 11.4 Å². The summed E-state index contributed by atoms with van der Waals surface area (Å²) in [5.41, 5.74) is 17.3. The molecule has 2 aromatic heterocycles. The van der Waals surface area contributed by atoms with Crippen molar-refractivity contribution in [1.29, 1.82) is 0 Å². The number of nitrogens with zero attached hydrogens (tertiary/aromatic N) is 4. The molecule has 0 N–H and O–H groups in total. The van der Waals surface area contributed by atoms with Crippen molar-refractivity contribution in [2.45, 2.75) is 138 Å². The van der Waals surface area contributed by atoms with Gasteiger partial charge < -0.3 is 9.30 Å². The maximum atomic E-state index is 7.03. The molecule has 6 heteroatoms. The van der Waals surface area contributed by atoms with Gasteiger partial charge >= 0.3 is 0 Å². The Kier molecular flexibility index (Phi) is 11.9. The minimum Gasteiger partial charge on any atom is -0.509 e. The van der Waals surface area contributed by atoms with E-state index in [-0.39, 0.29) is 37.3 Å². The van der Waals surface area contributed by atoms with Crippen LogP contribution >= 0.6 is 0 Å². The van der Waals surface area contributed by atoms with Crippen molar-refractivity contribution < 1.29 is 25.8 Å². The maximum absolute atomic E-state index is 7.03. The smallest absolute Gasteiger partial charge is 0.225 e. The van der Waals surface area contributed by atoms with Gasteiger partial charge in [0.1, 0.15) is 5.82 Å². The van der Waals surface area contributed by atoms with E-state index < -0.39 is 0 Å². The van der Waals surface area contributed by atoms with Gasteiger partial charge in [-0.2, -0.15) is 10.7 Å². The van der Waals surface area contributed by atoms with Crippen molar-refractivity contribution in [3.63, 3.8) is 0 Å². The van der Waals surface area contributed by atoms with Crippen LogP contribution in [0.1, 0.15) is 155 Å². The van der Waals surface area contributed by atoms with Gasteiger partial charge in [0.25, 0.3) is 0 Å². The fourth-order valence-electron chi connectivity index (χ4n) is 10.6. The van der Waals surface area contributed by atoms with Gasteiger partial charge in [-0.15, -0.1) is 35.2 Å². The quantitative estimate of drug-likeness (QED) is 0.0818. The van der Waals surface area contributed by atoms with Gasteiger partial charge in [-0.05, 0) is 103 Å². The molecule has 69 heavy (non-hydrogen) atoms. The van der Waals surface area contributed by atoms with E-state index in [0.29, 0.717) is 38.4 Å². The summed E-state index contributed by atoms with van der Waals surface area (Å²) in [7, 11) is 0. The summed E-state index contributed by atoms with van der Waals surface area (Å²) in [6.07, 6.45) is 1.92. The van der Waals surface area contributed by atoms with Crippen molar-refractivity contribution in [3.05, 3.63) is 174 Å². The van der Waals surface area contributed by atoms with Crippen molar-refractivity contribution >= 4 is 44.6 Å². The monoisotopic (exact) mass is 1090 g/mol. The van der Waals surface area contributed by atoms with Crippen LogP contribution in [0.3, 0.4) is 0 Å². The molecule has 10 rings (SSSR count). The van der Waals surface area contributed by atoms with Gasteiger partial charge in [0.05, 0.1) is 5.69 Å². The Bertz CT molecular complexity index is 3270. The molecule has 8 aromatic rings. The molecule has 1 saturated heterocycles. The molecule has 0 spiro atoms. The number of rotatable bonds is 9. The van der Waals surface area contributed by atoms with Gasteiger partial charge in [-0.1, -0.05) is 158 Å². The first kappa shape index (κ1) is 48.7. The molecule has 0 aliphatic carbocycles. The third-order valence-electron chi connectivity index (χ3n) is 14.7. The van der Waals surface area contributed by atoms with Crippen LogP contribution in [0, 0.1) is 18.8 Å². The first-order chi connectivity index (χ1) is 32.0. The summed E-state index contributed by atoms with van der Waals surface area (Å²) in [5, 5.41) is 2.26. The van der Waals surface area contributed by atoms with E-state index in [2.05, 4.69) is 242 Å². The fraction of sp³-hybridized carbons (Fsp3) is 0.333. The Balaban J connectivity index is 0.00000593. The minimum absolute atomic E-state index is 0. The third-order valence-corrected chi connectivity index (χ3v) is 14.7. The number of pyridine rings is 1. The van der Waals surface area contributed by atoms with Crippen LogP contribution < -0.4 is 13.9 Å². The van der Waals surface area contributed by atoms with Crippen LogP contribution in [-0.4, -0.2) is 9.55 Å². The number of para-hydroxylation sites is 1. The van der Waals surface area contributed by atoms with Gasteiger partial charge in [-0.25, -0.2) is 9.58 Å². The van der Waals surface area contributed by atoms with Crippen LogP contribution in [0.15, 0.2) is 121 Å². The van der Waals surface area contributed by atoms with E-state index in [9.17, 15) is 0 Å². The van der Waals surface area contributed by atoms with Crippen LogP contribution in [-0.2, 0) is 37.3 Å². The molecule has 4 heterocycles. The fourth-order valence-corrected chi connectivity index (χ4v) is 10.6. The zero-order valence-corrected chi connectivity index (χ0v) is 45.6. The number of fused-ring (bicyclic) bond motifs is 7. The Morgan fingerprint density at radius 3 is 1.88 bits per heavy atom. The third kappa shape index (κ3) is 7.92. The summed E-state index contributed by atoms with van der Waals surface area (Å²) >= 11 is 0. The molecule has 2 aliphatic heterocycles. The molecule has 5 nitrogen and oxygen atoms in total. The second-order valence-electron chi connectivity index (χ2n) is 23.6. The van der Waals surface area contributed by atoms with Crippen LogP contribution in [0.2, 0.25) is 0 Å². The van der Waals surface area contributed by atoms with E-state index in [4.69, 9.17) is 9.72 Å². The maximum Gasteiger partial charge on any atom is 0.225 e. The van der Waals surface area contributed by atoms with Crippen molar-refractivity contribution in [3.8, 4) is 28.4 Å². The topological polar surface area (TPSA) is 27.1 Å². The first-order valence-electron chi connectivity index (χ1n) is 24.8. The molecule has 2 aliphatic rings. The Labute approximate surface area is 426 Å². The van der Waals surface area contributed by atoms with Crippen LogP contribution in [0.4, 0.5) is 22.7 Å². The second-order valence-corrected chi connectivity index (χ2v) is 23.6. The van der Waals surface area contributed by atoms with Gasteiger partial charge in [-0.3, -0.25) is 0 Å². The molecule has 2 atom stereocenters. The summed E-state index contributed by atoms with van der Waals surface area (Å²) < 4.78 is 10.4. The predicted molar refractivity (Wildman–Crippen MR) is 287 cm³/mol. The molecule has 0 radical (unpaired) electrons. The summed E-state index contributed by atoms with van der Waals surface area (Å²) in [6, 6.07) is 50.8. The average molecular weight is 1090 g/mol. The molecule has 0 saturated carbocycles. The number of quaternary nitrogens is 2. The number of hydrogen-bond donors (Lipinski definition) is 0. The van der Waals surface area contributed by atoms with E-state index in [1.807, 2.05) is 6.20 Å². The largest absolute Gasteiger partial charge is 0.509 e. The molecule has 358 valence electrons. The van der Waals surface area contributed by atoms with Crippen molar-refractivity contribution in [2.75, 3.05) is 0 Å². The van der Waals surface area contributed by atoms with Crippen LogP contribution in [0.25, 0.3) is 38.8 Å². The standard InChI is InChI=1S/C63H69N4O.Pt/c1-39(2)43-29-53(40(3)4)60(54(30-43)41(5)6)42-23-26-57-58(31-42)67(38-66(57,67)47-20-18-19-44(32-47)61(7,8)9)48-33-46(63(13,14)15)34-50(36-48)68-49-24-25-52-51-21-16-17-22-55(51)65(56(52)37-49)59-35-45(27-28-64-59)62(10,11)12;/h16-35,38-41H,1-15H3;/q-1;/t66-,67?;/m0./s1. The zero-order chi connectivity index (χ0) is 48.5. The second kappa shape index (κ2) is 16.9. The number of benzene rings is 6. The SMILES string of the molecule is CC(C)c1cc(C(C)C)c(-c2ccc3c(c2)[N+]2(c4[c-]c(Oc5[c-]c6c(cc5)c5ccccc5n6-c5cc(C(C)(C)C)ccn5)cc(C(C)(C)C)c4)[CH-][N@+]32c2cccc(C(C)(C)C)c2)c(C(C)C)c1.[Pt]. The summed E-state index contributed by atoms with van der Waals surface area (Å²) in [4.78, 5) is 4.93. The van der Waals surface area contributed by atoms with E-state index in [1.54, 1.807) is 0 Å². The number of aromatic nitrogens is 2.